The molecule has 9 atom stereocenters. The molecule has 0 spiro atoms. The maximum atomic E-state index is 13.3. The van der Waals surface area contributed by atoms with Gasteiger partial charge in [-0.3, -0.25) is 14.4 Å². The van der Waals surface area contributed by atoms with Gasteiger partial charge in [0.1, 0.15) is 19.8 Å². The van der Waals surface area contributed by atoms with Crippen molar-refractivity contribution >= 4 is 17.9 Å². The monoisotopic (exact) mass is 633 g/mol. The van der Waals surface area contributed by atoms with Crippen molar-refractivity contribution in [1.29, 1.82) is 0 Å². The van der Waals surface area contributed by atoms with Crippen LogP contribution in [0, 0.1) is 17.8 Å². The van der Waals surface area contributed by atoms with Crippen molar-refractivity contribution in [1.82, 2.24) is 13.7 Å². The van der Waals surface area contributed by atoms with Crippen LogP contribution in [-0.4, -0.2) is 88.1 Å². The third kappa shape index (κ3) is 6.39. The number of ether oxygens (including phenoxy) is 6. The second-order valence-electron chi connectivity index (χ2n) is 13.0. The van der Waals surface area contributed by atoms with Crippen molar-refractivity contribution in [2.24, 2.45) is 17.8 Å². The molecule has 2 bridgehead atoms. The number of carbonyl (C=O) groups excluding carboxylic acids is 3. The van der Waals surface area contributed by atoms with Gasteiger partial charge in [0.05, 0.1) is 74.0 Å². The van der Waals surface area contributed by atoms with Crippen LogP contribution in [0.2, 0.25) is 0 Å². The van der Waals surface area contributed by atoms with Gasteiger partial charge in [0.25, 0.3) is 0 Å². The van der Waals surface area contributed by atoms with Crippen LogP contribution in [0.1, 0.15) is 57.8 Å². The summed E-state index contributed by atoms with van der Waals surface area (Å²) in [5.74, 6) is -2.27. The summed E-state index contributed by atoms with van der Waals surface area (Å²) in [5, 5.41) is 0. The molecule has 246 valence electrons. The third-order valence-corrected chi connectivity index (χ3v) is 10.2. The zero-order valence-corrected chi connectivity index (χ0v) is 25.0. The Hall–Kier alpha value is -3.30. The third-order valence-electron chi connectivity index (χ3n) is 10.2. The lowest BCUT2D eigenvalue weighted by molar-refractivity contribution is -0.201. The molecule has 5 heterocycles. The first-order valence-electron chi connectivity index (χ1n) is 16.2. The van der Waals surface area contributed by atoms with E-state index in [0.29, 0.717) is 32.1 Å². The predicted octanol–water partition coefficient (Wildman–Crippen LogP) is -0.496. The Morgan fingerprint density at radius 3 is 1.38 bits per heavy atom. The van der Waals surface area contributed by atoms with Gasteiger partial charge in [-0.25, -0.2) is 28.1 Å². The van der Waals surface area contributed by atoms with Crippen molar-refractivity contribution in [3.63, 3.8) is 0 Å². The summed E-state index contributed by atoms with van der Waals surface area (Å²) >= 11 is 0. The van der Waals surface area contributed by atoms with Crippen LogP contribution >= 0.6 is 0 Å². The molecule has 8 rings (SSSR count). The smallest absolute Gasteiger partial charge is 0.336 e. The fraction of sp³-hybridized carbons (Fsp3) is 0.800. The Bertz CT molecular complexity index is 1420. The summed E-state index contributed by atoms with van der Waals surface area (Å²) < 4.78 is 35.2. The Morgan fingerprint density at radius 2 is 0.978 bits per heavy atom. The number of hydrogen-bond donors (Lipinski definition) is 0. The van der Waals surface area contributed by atoms with Gasteiger partial charge in [-0.05, 0) is 51.4 Å². The zero-order valence-electron chi connectivity index (χ0n) is 25.0. The van der Waals surface area contributed by atoms with E-state index >= 15 is 0 Å². The van der Waals surface area contributed by atoms with Crippen molar-refractivity contribution in [3.8, 4) is 0 Å². The number of fused-ring (bicyclic) bond motifs is 4. The van der Waals surface area contributed by atoms with E-state index in [9.17, 15) is 28.8 Å². The first-order chi connectivity index (χ1) is 21.8. The Balaban J connectivity index is 1.01. The van der Waals surface area contributed by atoms with Crippen LogP contribution in [0.5, 0.6) is 0 Å². The van der Waals surface area contributed by atoms with Gasteiger partial charge in [-0.2, -0.15) is 0 Å². The summed E-state index contributed by atoms with van der Waals surface area (Å²) in [4.78, 5) is 77.9. The van der Waals surface area contributed by atoms with E-state index in [4.69, 9.17) is 28.4 Å². The first-order valence-corrected chi connectivity index (χ1v) is 16.2. The largest absolute Gasteiger partial charge is 0.464 e. The highest BCUT2D eigenvalue weighted by Gasteiger charge is 2.47. The molecule has 0 amide bonds. The van der Waals surface area contributed by atoms with Crippen molar-refractivity contribution in [2.45, 2.75) is 114 Å². The minimum atomic E-state index is -0.916. The van der Waals surface area contributed by atoms with Gasteiger partial charge in [0.15, 0.2) is 0 Å². The van der Waals surface area contributed by atoms with Gasteiger partial charge in [-0.1, -0.05) is 0 Å². The quantitative estimate of drug-likeness (QED) is 0.164. The van der Waals surface area contributed by atoms with Crippen LogP contribution in [0.15, 0.2) is 14.4 Å². The number of esters is 3. The molecule has 0 radical (unpaired) electrons. The molecular formula is C30H39N3O12. The van der Waals surface area contributed by atoms with E-state index in [1.54, 1.807) is 0 Å². The van der Waals surface area contributed by atoms with Crippen LogP contribution in [-0.2, 0) is 62.4 Å². The number of rotatable bonds is 12. The zero-order chi connectivity index (χ0) is 31.2. The highest BCUT2D eigenvalue weighted by atomic mass is 16.6. The maximum absolute atomic E-state index is 13.3. The molecule has 15 heteroatoms. The summed E-state index contributed by atoms with van der Waals surface area (Å²) in [5.41, 5.74) is -2.74. The van der Waals surface area contributed by atoms with E-state index < -0.39 is 35.0 Å². The molecular weight excluding hydrogens is 594 g/mol. The Morgan fingerprint density at radius 1 is 0.533 bits per heavy atom. The van der Waals surface area contributed by atoms with E-state index in [2.05, 4.69) is 0 Å². The molecule has 7 fully saturated rings. The normalized spacial score (nSPS) is 34.0. The molecule has 7 aliphatic rings. The second kappa shape index (κ2) is 12.5. The molecule has 1 aromatic heterocycles. The van der Waals surface area contributed by atoms with E-state index in [-0.39, 0.29) is 93.8 Å². The molecule has 0 aromatic carbocycles. The summed E-state index contributed by atoms with van der Waals surface area (Å²) in [6.07, 6.45) is 7.00. The highest BCUT2D eigenvalue weighted by Crippen LogP contribution is 2.41. The fourth-order valence-electron chi connectivity index (χ4n) is 7.31. The van der Waals surface area contributed by atoms with Gasteiger partial charge in [0.2, 0.25) is 0 Å². The first kappa shape index (κ1) is 30.4. The molecule has 4 saturated heterocycles. The average molecular weight is 634 g/mol. The summed E-state index contributed by atoms with van der Waals surface area (Å²) in [6.45, 7) is -1.63. The average Bonchev–Trinajstić information content (AvgIpc) is 3.95. The highest BCUT2D eigenvalue weighted by molar-refractivity contribution is 5.74. The number of aromatic nitrogens is 3. The predicted molar refractivity (Wildman–Crippen MR) is 150 cm³/mol. The van der Waals surface area contributed by atoms with Gasteiger partial charge < -0.3 is 28.4 Å². The lowest BCUT2D eigenvalue weighted by atomic mass is 9.80. The van der Waals surface area contributed by atoms with E-state index in [0.717, 1.165) is 39.4 Å². The van der Waals surface area contributed by atoms with Crippen molar-refractivity contribution in [3.05, 3.63) is 31.5 Å². The molecule has 1 aromatic rings. The van der Waals surface area contributed by atoms with E-state index in [1.807, 2.05) is 0 Å². The number of carbonyl (C=O) groups is 3. The van der Waals surface area contributed by atoms with E-state index in [1.165, 1.54) is 0 Å². The van der Waals surface area contributed by atoms with Gasteiger partial charge >= 0.3 is 35.0 Å². The molecule has 15 nitrogen and oxygen atoms in total. The van der Waals surface area contributed by atoms with Crippen molar-refractivity contribution < 1.29 is 42.8 Å². The minimum absolute atomic E-state index is 0.0891. The number of epoxide rings is 2. The maximum Gasteiger partial charge on any atom is 0.336 e. The summed E-state index contributed by atoms with van der Waals surface area (Å²) in [7, 11) is 0. The standard InChI is InChI=1S/C30H39N3O12/c34-25(16-1-5-20-23(13-16)44-20)40-10-7-31-28(37)32(8-11-41-26(35)17-2-6-21-24(14-17)45-21)30(39)33(29(31)38)9-12-42-27(36)19-4-3-18-15-22(19)43-18/h16-24H,1-15H2. The molecule has 45 heavy (non-hydrogen) atoms. The number of hydrogen-bond acceptors (Lipinski definition) is 12. The lowest BCUT2D eigenvalue weighted by Crippen LogP contribution is -2.55. The molecule has 9 unspecified atom stereocenters. The topological polar surface area (TPSA) is 179 Å². The van der Waals surface area contributed by atoms with Crippen LogP contribution in [0.4, 0.5) is 0 Å². The molecule has 3 saturated carbocycles. The summed E-state index contributed by atoms with van der Waals surface area (Å²) in [6, 6.07) is 0. The van der Waals surface area contributed by atoms with Crippen LogP contribution in [0.25, 0.3) is 0 Å². The van der Waals surface area contributed by atoms with Gasteiger partial charge in [0, 0.05) is 6.42 Å². The lowest BCUT2D eigenvalue weighted by Gasteiger charge is -2.45. The molecule has 4 aliphatic heterocycles. The number of nitrogens with zero attached hydrogens (tertiary/aromatic N) is 3. The van der Waals surface area contributed by atoms with Gasteiger partial charge in [-0.15, -0.1) is 0 Å². The fourth-order valence-corrected chi connectivity index (χ4v) is 7.31. The van der Waals surface area contributed by atoms with Crippen molar-refractivity contribution in [2.75, 3.05) is 19.8 Å². The molecule has 0 N–H and O–H groups in total. The van der Waals surface area contributed by atoms with Crippen LogP contribution in [0.3, 0.4) is 0 Å². The molecule has 3 aliphatic carbocycles. The second-order valence-corrected chi connectivity index (χ2v) is 13.0. The SMILES string of the molecule is O=C(OCCn1c(=O)n(CCOC(=O)C2CCC3OC3C2)c(=O)n(CCOC(=O)C2CCC3CC2O3)c1=O)C1CCC2OC2C1. The van der Waals surface area contributed by atoms with Crippen LogP contribution < -0.4 is 17.1 Å². The Labute approximate surface area is 257 Å². The minimum Gasteiger partial charge on any atom is -0.464 e. The Kier molecular flexibility index (Phi) is 8.42.